The summed E-state index contributed by atoms with van der Waals surface area (Å²) in [5.41, 5.74) is 1.46. The number of aryl methyl sites for hydroxylation is 1. The molecule has 2 aromatic carbocycles. The molecular formula is C27H32N2O6. The van der Waals surface area contributed by atoms with Crippen LogP contribution in [0.1, 0.15) is 36.8 Å². The van der Waals surface area contributed by atoms with Gasteiger partial charge in [-0.2, -0.15) is 0 Å². The Morgan fingerprint density at radius 3 is 2.43 bits per heavy atom. The van der Waals surface area contributed by atoms with Crippen molar-refractivity contribution in [2.75, 3.05) is 31.7 Å². The zero-order valence-corrected chi connectivity index (χ0v) is 19.7. The number of likely N-dealkylation sites (tertiary alicyclic amines) is 1. The minimum atomic E-state index is -0.816. The monoisotopic (exact) mass is 480 g/mol. The van der Waals surface area contributed by atoms with Gasteiger partial charge in [-0.1, -0.05) is 48.5 Å². The molecule has 1 spiro atoms. The first-order valence-electron chi connectivity index (χ1n) is 12.0. The Morgan fingerprint density at radius 1 is 1.09 bits per heavy atom. The number of benzene rings is 2. The third kappa shape index (κ3) is 4.44. The first-order valence-corrected chi connectivity index (χ1v) is 12.0. The van der Waals surface area contributed by atoms with Gasteiger partial charge in [-0.25, -0.2) is 0 Å². The lowest BCUT2D eigenvalue weighted by atomic mass is 9.72. The number of aliphatic hydroxyl groups is 1. The molecule has 8 nitrogen and oxygen atoms in total. The van der Waals surface area contributed by atoms with E-state index in [1.54, 1.807) is 0 Å². The highest BCUT2D eigenvalue weighted by atomic mass is 16.5. The van der Waals surface area contributed by atoms with Crippen molar-refractivity contribution in [1.82, 2.24) is 4.90 Å². The number of anilines is 1. The molecule has 2 fully saturated rings. The highest BCUT2D eigenvalue weighted by Crippen LogP contribution is 2.50. The maximum atomic E-state index is 13.9. The van der Waals surface area contributed by atoms with Gasteiger partial charge in [-0.05, 0) is 49.3 Å². The number of hydrogen-bond acceptors (Lipinski definition) is 5. The molecule has 0 aromatic heterocycles. The van der Waals surface area contributed by atoms with Gasteiger partial charge in [0.1, 0.15) is 0 Å². The van der Waals surface area contributed by atoms with Crippen molar-refractivity contribution in [3.05, 3.63) is 65.7 Å². The Kier molecular flexibility index (Phi) is 7.52. The standard InChI is InChI=1S/C26H30N2O4.CH2O2/c29-18-25(13-16-32-17-14-25)24(31)28-15-12-26(20-8-4-5-9-21(20)27-23(26)30)22(28)11-10-19-6-2-1-3-7-19;2-1-3/h1-9,22,29H,10-18H2,(H,27,30);1H,(H,2,3)/t22-,26-;/m0./s1. The summed E-state index contributed by atoms with van der Waals surface area (Å²) < 4.78 is 5.48. The minimum absolute atomic E-state index is 0.0166. The third-order valence-electron chi connectivity index (χ3n) is 7.77. The van der Waals surface area contributed by atoms with Gasteiger partial charge in [0.15, 0.2) is 0 Å². The smallest absolute Gasteiger partial charge is 0.290 e. The quantitative estimate of drug-likeness (QED) is 0.567. The Balaban J connectivity index is 0.000000917. The molecule has 3 aliphatic rings. The second-order valence-electron chi connectivity index (χ2n) is 9.42. The van der Waals surface area contributed by atoms with Gasteiger partial charge in [0, 0.05) is 25.4 Å². The summed E-state index contributed by atoms with van der Waals surface area (Å²) in [5, 5.41) is 20.2. The molecule has 0 aliphatic carbocycles. The van der Waals surface area contributed by atoms with Crippen molar-refractivity contribution in [3.63, 3.8) is 0 Å². The summed E-state index contributed by atoms with van der Waals surface area (Å²) in [7, 11) is 0. The molecule has 2 saturated heterocycles. The predicted octanol–water partition coefficient (Wildman–Crippen LogP) is 2.60. The fraction of sp³-hybridized carbons (Fsp3) is 0.444. The van der Waals surface area contributed by atoms with E-state index in [-0.39, 0.29) is 30.9 Å². The van der Waals surface area contributed by atoms with Crippen LogP contribution in [0.3, 0.4) is 0 Å². The number of nitrogens with zero attached hydrogens (tertiary/aromatic N) is 1. The average molecular weight is 481 g/mol. The largest absolute Gasteiger partial charge is 0.483 e. The molecule has 0 radical (unpaired) electrons. The number of para-hydroxylation sites is 1. The van der Waals surface area contributed by atoms with E-state index >= 15 is 0 Å². The Hall–Kier alpha value is -3.23. The van der Waals surface area contributed by atoms with E-state index in [2.05, 4.69) is 17.4 Å². The summed E-state index contributed by atoms with van der Waals surface area (Å²) >= 11 is 0. The number of fused-ring (bicyclic) bond motifs is 2. The molecule has 8 heteroatoms. The van der Waals surface area contributed by atoms with Crippen LogP contribution >= 0.6 is 0 Å². The number of aliphatic hydroxyl groups excluding tert-OH is 1. The normalized spacial score (nSPS) is 24.3. The molecule has 0 bridgehead atoms. The number of ether oxygens (including phenoxy) is 1. The van der Waals surface area contributed by atoms with Crippen LogP contribution in [-0.4, -0.2) is 65.8 Å². The van der Waals surface area contributed by atoms with Crippen molar-refractivity contribution >= 4 is 24.0 Å². The lowest BCUT2D eigenvalue weighted by Crippen LogP contribution is -2.54. The van der Waals surface area contributed by atoms with Crippen molar-refractivity contribution in [3.8, 4) is 0 Å². The Morgan fingerprint density at radius 2 is 1.74 bits per heavy atom. The maximum Gasteiger partial charge on any atom is 0.290 e. The highest BCUT2D eigenvalue weighted by Gasteiger charge is 2.60. The molecule has 3 heterocycles. The summed E-state index contributed by atoms with van der Waals surface area (Å²) in [4.78, 5) is 37.6. The third-order valence-corrected chi connectivity index (χ3v) is 7.77. The molecule has 3 N–H and O–H groups in total. The second-order valence-corrected chi connectivity index (χ2v) is 9.42. The van der Waals surface area contributed by atoms with Crippen LogP contribution in [-0.2, 0) is 31.0 Å². The summed E-state index contributed by atoms with van der Waals surface area (Å²) in [6.07, 6.45) is 3.09. The van der Waals surface area contributed by atoms with Gasteiger partial charge in [-0.15, -0.1) is 0 Å². The lowest BCUT2D eigenvalue weighted by molar-refractivity contribution is -0.153. The van der Waals surface area contributed by atoms with Crippen molar-refractivity contribution in [1.29, 1.82) is 0 Å². The van der Waals surface area contributed by atoms with Gasteiger partial charge < -0.3 is 25.2 Å². The fourth-order valence-electron chi connectivity index (χ4n) is 5.90. The first-order chi connectivity index (χ1) is 17.0. The number of carboxylic acid groups (broad SMARTS) is 1. The van der Waals surface area contributed by atoms with Crippen LogP contribution in [0.2, 0.25) is 0 Å². The molecule has 2 atom stereocenters. The van der Waals surface area contributed by atoms with Crippen LogP contribution in [0.15, 0.2) is 54.6 Å². The number of rotatable bonds is 5. The van der Waals surface area contributed by atoms with Crippen LogP contribution < -0.4 is 5.32 Å². The molecule has 2 amide bonds. The van der Waals surface area contributed by atoms with Crippen molar-refractivity contribution < 1.29 is 29.3 Å². The molecular weight excluding hydrogens is 448 g/mol. The molecule has 0 saturated carbocycles. The summed E-state index contributed by atoms with van der Waals surface area (Å²) in [6, 6.07) is 17.8. The van der Waals surface area contributed by atoms with Crippen molar-refractivity contribution in [2.45, 2.75) is 43.6 Å². The van der Waals surface area contributed by atoms with E-state index in [0.29, 0.717) is 45.4 Å². The number of hydrogen-bond donors (Lipinski definition) is 3. The molecule has 35 heavy (non-hydrogen) atoms. The van der Waals surface area contributed by atoms with Gasteiger partial charge >= 0.3 is 0 Å². The Labute approximate surface area is 204 Å². The molecule has 186 valence electrons. The van der Waals surface area contributed by atoms with E-state index in [9.17, 15) is 14.7 Å². The topological polar surface area (TPSA) is 116 Å². The van der Waals surface area contributed by atoms with E-state index in [1.165, 1.54) is 5.56 Å². The zero-order valence-electron chi connectivity index (χ0n) is 19.7. The predicted molar refractivity (Wildman–Crippen MR) is 130 cm³/mol. The van der Waals surface area contributed by atoms with Crippen LogP contribution in [0.25, 0.3) is 0 Å². The van der Waals surface area contributed by atoms with E-state index < -0.39 is 10.8 Å². The number of carbonyl (C=O) groups is 3. The van der Waals surface area contributed by atoms with E-state index in [1.807, 2.05) is 47.4 Å². The van der Waals surface area contributed by atoms with Crippen LogP contribution in [0.5, 0.6) is 0 Å². The van der Waals surface area contributed by atoms with Gasteiger partial charge in [0.05, 0.1) is 23.5 Å². The molecule has 0 unspecified atom stereocenters. The first kappa shape index (κ1) is 24.9. The van der Waals surface area contributed by atoms with Crippen LogP contribution in [0.4, 0.5) is 5.69 Å². The van der Waals surface area contributed by atoms with Crippen LogP contribution in [0, 0.1) is 5.41 Å². The average Bonchev–Trinajstić information content (AvgIpc) is 3.42. The van der Waals surface area contributed by atoms with E-state index in [4.69, 9.17) is 14.6 Å². The Bertz CT molecular complexity index is 1050. The molecule has 2 aromatic rings. The fourth-order valence-corrected chi connectivity index (χ4v) is 5.90. The minimum Gasteiger partial charge on any atom is -0.483 e. The second kappa shape index (κ2) is 10.6. The number of nitrogens with one attached hydrogen (secondary N) is 1. The van der Waals surface area contributed by atoms with Gasteiger partial charge in [0.2, 0.25) is 11.8 Å². The number of amides is 2. The van der Waals surface area contributed by atoms with E-state index in [0.717, 1.165) is 17.7 Å². The lowest BCUT2D eigenvalue weighted by Gasteiger charge is -2.41. The zero-order chi connectivity index (χ0) is 24.9. The molecule has 5 rings (SSSR count). The summed E-state index contributed by atoms with van der Waals surface area (Å²) in [6.45, 7) is 1.03. The van der Waals surface area contributed by atoms with Gasteiger partial charge in [-0.3, -0.25) is 14.4 Å². The maximum absolute atomic E-state index is 13.9. The highest BCUT2D eigenvalue weighted by molar-refractivity contribution is 6.07. The SMILES string of the molecule is O=C(N1CC[C@@]2(C(=O)Nc3ccccc32)[C@@H]1CCc1ccccc1)C1(CO)CCOCC1.O=CO. The number of carbonyl (C=O) groups excluding carboxylic acids is 2. The van der Waals surface area contributed by atoms with Crippen molar-refractivity contribution in [2.24, 2.45) is 5.41 Å². The van der Waals surface area contributed by atoms with Gasteiger partial charge in [0.25, 0.3) is 6.47 Å². The molecule has 3 aliphatic heterocycles. The summed E-state index contributed by atoms with van der Waals surface area (Å²) in [5.74, 6) is -0.0486.